The topological polar surface area (TPSA) is 52.7 Å². The zero-order valence-electron chi connectivity index (χ0n) is 16.4. The number of amides is 3. The minimum atomic E-state index is -0.229. The van der Waals surface area contributed by atoms with Crippen LogP contribution < -0.4 is 5.32 Å². The Kier molecular flexibility index (Phi) is 4.23. The number of nitrogens with one attached hydrogen (secondary N) is 1. The van der Waals surface area contributed by atoms with Crippen molar-refractivity contribution in [2.45, 2.75) is 19.4 Å². The van der Waals surface area contributed by atoms with Crippen LogP contribution in [0.4, 0.5) is 10.5 Å². The van der Waals surface area contributed by atoms with Crippen LogP contribution in [0.1, 0.15) is 22.7 Å². The maximum Gasteiger partial charge on any atom is 0.322 e. The van der Waals surface area contributed by atoms with E-state index in [4.69, 9.17) is 0 Å². The number of hydrogen-bond donors (Lipinski definition) is 1. The van der Waals surface area contributed by atoms with Crippen molar-refractivity contribution in [1.29, 1.82) is 0 Å². The summed E-state index contributed by atoms with van der Waals surface area (Å²) in [5.74, 6) is 0.0149. The lowest BCUT2D eigenvalue weighted by Crippen LogP contribution is -2.56. The van der Waals surface area contributed by atoms with Crippen molar-refractivity contribution in [3.8, 4) is 0 Å². The monoisotopic (exact) mass is 385 g/mol. The van der Waals surface area contributed by atoms with Crippen molar-refractivity contribution in [3.63, 3.8) is 0 Å². The molecule has 0 aliphatic carbocycles. The first kappa shape index (κ1) is 17.7. The van der Waals surface area contributed by atoms with Crippen LogP contribution in [0, 0.1) is 6.92 Å². The third-order valence-electron chi connectivity index (χ3n) is 5.98. The molecule has 0 unspecified atom stereocenters. The highest BCUT2D eigenvalue weighted by Gasteiger charge is 2.38. The zero-order valence-corrected chi connectivity index (χ0v) is 16.4. The number of piperazine rings is 1. The molecule has 0 bridgehead atoms. The molecule has 2 aliphatic heterocycles. The Bertz CT molecular complexity index is 1120. The highest BCUT2D eigenvalue weighted by molar-refractivity contribution is 5.95. The van der Waals surface area contributed by atoms with E-state index in [2.05, 4.69) is 30.4 Å². The van der Waals surface area contributed by atoms with Crippen molar-refractivity contribution >= 4 is 28.4 Å². The predicted molar refractivity (Wildman–Crippen MR) is 114 cm³/mol. The molecular weight excluding hydrogens is 362 g/mol. The molecule has 1 saturated heterocycles. The van der Waals surface area contributed by atoms with Gasteiger partial charge in [0.15, 0.2) is 0 Å². The van der Waals surface area contributed by atoms with E-state index in [9.17, 15) is 9.59 Å². The van der Waals surface area contributed by atoms with Crippen molar-refractivity contribution in [3.05, 3.63) is 77.4 Å². The van der Waals surface area contributed by atoms with Gasteiger partial charge >= 0.3 is 6.03 Å². The Morgan fingerprint density at radius 1 is 1.03 bits per heavy atom. The van der Waals surface area contributed by atoms with Crippen LogP contribution >= 0.6 is 0 Å². The highest BCUT2D eigenvalue weighted by Crippen LogP contribution is 2.33. The summed E-state index contributed by atoms with van der Waals surface area (Å²) in [5.41, 5.74) is 4.42. The third-order valence-corrected chi connectivity index (χ3v) is 5.98. The third kappa shape index (κ3) is 3.23. The summed E-state index contributed by atoms with van der Waals surface area (Å²) >= 11 is 0. The first-order valence-corrected chi connectivity index (χ1v) is 10.0. The van der Waals surface area contributed by atoms with Gasteiger partial charge in [-0.05, 0) is 47.4 Å². The molecule has 146 valence electrons. The SMILES string of the molecule is Cc1ccc2c(c1)CCN1C(=O)CN(C(=O)Nc3ccc4ccccc4c3)C[C@@H]21. The quantitative estimate of drug-likeness (QED) is 0.685. The van der Waals surface area contributed by atoms with E-state index in [1.54, 1.807) is 4.90 Å². The summed E-state index contributed by atoms with van der Waals surface area (Å²) in [5, 5.41) is 5.17. The van der Waals surface area contributed by atoms with E-state index in [0.29, 0.717) is 6.54 Å². The molecule has 5 heteroatoms. The van der Waals surface area contributed by atoms with E-state index < -0.39 is 0 Å². The van der Waals surface area contributed by atoms with Gasteiger partial charge in [0.1, 0.15) is 6.54 Å². The average molecular weight is 385 g/mol. The molecule has 3 aromatic carbocycles. The van der Waals surface area contributed by atoms with Gasteiger partial charge in [-0.1, -0.05) is 54.1 Å². The van der Waals surface area contributed by atoms with Gasteiger partial charge in [0, 0.05) is 18.8 Å². The van der Waals surface area contributed by atoms with E-state index in [-0.39, 0.29) is 24.5 Å². The maximum absolute atomic E-state index is 12.9. The number of aryl methyl sites for hydroxylation is 1. The number of fused-ring (bicyclic) bond motifs is 4. The fourth-order valence-electron chi connectivity index (χ4n) is 4.49. The lowest BCUT2D eigenvalue weighted by atomic mass is 9.89. The van der Waals surface area contributed by atoms with Crippen LogP contribution in [-0.4, -0.2) is 41.4 Å². The Morgan fingerprint density at radius 3 is 2.72 bits per heavy atom. The first-order chi connectivity index (χ1) is 14.1. The number of anilines is 1. The molecule has 29 heavy (non-hydrogen) atoms. The molecule has 0 spiro atoms. The number of urea groups is 1. The molecule has 2 heterocycles. The molecule has 1 fully saturated rings. The largest absolute Gasteiger partial charge is 0.332 e. The smallest absolute Gasteiger partial charge is 0.322 e. The molecule has 2 aliphatic rings. The highest BCUT2D eigenvalue weighted by atomic mass is 16.2. The molecule has 5 rings (SSSR count). The molecular formula is C24H23N3O2. The molecule has 1 N–H and O–H groups in total. The number of benzene rings is 3. The number of hydrogen-bond acceptors (Lipinski definition) is 2. The summed E-state index contributed by atoms with van der Waals surface area (Å²) < 4.78 is 0. The number of nitrogens with zero attached hydrogens (tertiary/aromatic N) is 2. The van der Waals surface area contributed by atoms with Gasteiger partial charge in [0.2, 0.25) is 5.91 Å². The number of carbonyl (C=O) groups excluding carboxylic acids is 2. The Labute approximate surface area is 169 Å². The van der Waals surface area contributed by atoms with Crippen LogP contribution in [0.25, 0.3) is 10.8 Å². The Morgan fingerprint density at radius 2 is 1.86 bits per heavy atom. The van der Waals surface area contributed by atoms with Crippen LogP contribution in [-0.2, 0) is 11.2 Å². The summed E-state index contributed by atoms with van der Waals surface area (Å²) in [6, 6.07) is 20.0. The average Bonchev–Trinajstić information content (AvgIpc) is 2.73. The van der Waals surface area contributed by atoms with Gasteiger partial charge < -0.3 is 15.1 Å². The minimum Gasteiger partial charge on any atom is -0.332 e. The van der Waals surface area contributed by atoms with E-state index >= 15 is 0 Å². The van der Waals surface area contributed by atoms with Gasteiger partial charge in [0.05, 0.1) is 6.04 Å². The second kappa shape index (κ2) is 6.92. The molecule has 0 radical (unpaired) electrons. The number of rotatable bonds is 1. The molecule has 3 amide bonds. The Balaban J connectivity index is 1.38. The van der Waals surface area contributed by atoms with Gasteiger partial charge in [-0.15, -0.1) is 0 Å². The van der Waals surface area contributed by atoms with Gasteiger partial charge in [0.25, 0.3) is 0 Å². The molecule has 0 saturated carbocycles. The van der Waals surface area contributed by atoms with Crippen LogP contribution in [0.15, 0.2) is 60.7 Å². The van der Waals surface area contributed by atoms with Gasteiger partial charge in [-0.3, -0.25) is 4.79 Å². The number of carbonyl (C=O) groups is 2. The van der Waals surface area contributed by atoms with Gasteiger partial charge in [-0.2, -0.15) is 0 Å². The zero-order chi connectivity index (χ0) is 20.0. The van der Waals surface area contributed by atoms with Crippen molar-refractivity contribution in [2.24, 2.45) is 0 Å². The van der Waals surface area contributed by atoms with Crippen LogP contribution in [0.3, 0.4) is 0 Å². The van der Waals surface area contributed by atoms with E-state index in [1.807, 2.05) is 47.4 Å². The van der Waals surface area contributed by atoms with E-state index in [1.165, 1.54) is 16.7 Å². The molecule has 5 nitrogen and oxygen atoms in total. The lowest BCUT2D eigenvalue weighted by Gasteiger charge is -2.44. The first-order valence-electron chi connectivity index (χ1n) is 10.0. The normalized spacial score (nSPS) is 18.4. The second-order valence-corrected chi connectivity index (χ2v) is 7.93. The molecule has 0 aromatic heterocycles. The summed E-state index contributed by atoms with van der Waals surface area (Å²) in [6.07, 6.45) is 0.878. The van der Waals surface area contributed by atoms with Crippen molar-refractivity contribution in [1.82, 2.24) is 9.80 Å². The predicted octanol–water partition coefficient (Wildman–Crippen LogP) is 4.12. The molecule has 3 aromatic rings. The second-order valence-electron chi connectivity index (χ2n) is 7.93. The van der Waals surface area contributed by atoms with Crippen LogP contribution in [0.5, 0.6) is 0 Å². The van der Waals surface area contributed by atoms with Crippen LogP contribution in [0.2, 0.25) is 0 Å². The lowest BCUT2D eigenvalue weighted by molar-refractivity contribution is -0.139. The van der Waals surface area contributed by atoms with Crippen molar-refractivity contribution in [2.75, 3.05) is 25.0 Å². The summed E-state index contributed by atoms with van der Waals surface area (Å²) in [7, 11) is 0. The maximum atomic E-state index is 12.9. The summed E-state index contributed by atoms with van der Waals surface area (Å²) in [6.45, 7) is 3.44. The fraction of sp³-hybridized carbons (Fsp3) is 0.250. The Hall–Kier alpha value is -3.34. The fourth-order valence-corrected chi connectivity index (χ4v) is 4.49. The van der Waals surface area contributed by atoms with E-state index in [0.717, 1.165) is 29.4 Å². The molecule has 1 atom stereocenters. The minimum absolute atomic E-state index is 0.0149. The standard InChI is InChI=1S/C24H23N3O2/c1-16-6-9-21-19(12-16)10-11-27-22(21)14-26(15-23(27)28)24(29)25-20-8-7-17-4-2-3-5-18(17)13-20/h2-9,12-13,22H,10-11,14-15H2,1H3,(H,25,29)/t22-/m0/s1. The summed E-state index contributed by atoms with van der Waals surface area (Å²) in [4.78, 5) is 29.2. The van der Waals surface area contributed by atoms with Gasteiger partial charge in [-0.25, -0.2) is 4.79 Å². The van der Waals surface area contributed by atoms with Crippen molar-refractivity contribution < 1.29 is 9.59 Å².